The lowest BCUT2D eigenvalue weighted by Gasteiger charge is -2.07. The summed E-state index contributed by atoms with van der Waals surface area (Å²) >= 11 is 0. The van der Waals surface area contributed by atoms with Gasteiger partial charge in [-0.05, 0) is 24.3 Å². The van der Waals surface area contributed by atoms with Crippen molar-refractivity contribution in [3.63, 3.8) is 0 Å². The number of methoxy groups -OCH3 is 1. The van der Waals surface area contributed by atoms with Gasteiger partial charge in [-0.2, -0.15) is 0 Å². The van der Waals surface area contributed by atoms with Crippen LogP contribution in [0.2, 0.25) is 0 Å². The molecule has 1 aromatic carbocycles. The monoisotopic (exact) mass is 230 g/mol. The van der Waals surface area contributed by atoms with Crippen LogP contribution in [0.4, 0.5) is 5.69 Å². The van der Waals surface area contributed by atoms with Gasteiger partial charge in [-0.15, -0.1) is 0 Å². The molecule has 4 heteroatoms. The van der Waals surface area contributed by atoms with Crippen molar-refractivity contribution >= 4 is 11.7 Å². The third kappa shape index (κ3) is 2.01. The van der Waals surface area contributed by atoms with Gasteiger partial charge in [0, 0.05) is 24.0 Å². The van der Waals surface area contributed by atoms with E-state index in [1.165, 1.54) is 7.11 Å². The molecule has 0 saturated heterocycles. The number of ether oxygens (including phenoxy) is 1. The smallest absolute Gasteiger partial charge is 0.354 e. The second kappa shape index (κ2) is 4.33. The van der Waals surface area contributed by atoms with E-state index >= 15 is 0 Å². The number of carbonyl (C=O) groups is 1. The molecule has 0 aliphatic heterocycles. The molecule has 0 amide bonds. The number of anilines is 1. The van der Waals surface area contributed by atoms with Gasteiger partial charge in [0.15, 0.2) is 0 Å². The van der Waals surface area contributed by atoms with Crippen LogP contribution in [0.1, 0.15) is 10.5 Å². The minimum Gasteiger partial charge on any atom is -0.464 e. The molecule has 0 spiro atoms. The molecule has 0 bridgehead atoms. The number of esters is 1. The highest BCUT2D eigenvalue weighted by Crippen LogP contribution is 2.23. The number of rotatable bonds is 2. The Hall–Kier alpha value is -2.23. The molecule has 2 aromatic rings. The summed E-state index contributed by atoms with van der Waals surface area (Å²) in [6.45, 7) is 0. The van der Waals surface area contributed by atoms with E-state index in [-0.39, 0.29) is 5.97 Å². The molecular weight excluding hydrogens is 216 g/mol. The molecule has 0 aliphatic carbocycles. The Kier molecular flexibility index (Phi) is 2.87. The normalized spacial score (nSPS) is 10.2. The first kappa shape index (κ1) is 11.3. The summed E-state index contributed by atoms with van der Waals surface area (Å²) in [5.41, 5.74) is 8.86. The van der Waals surface area contributed by atoms with Crippen molar-refractivity contribution in [2.75, 3.05) is 12.8 Å². The molecule has 0 aliphatic rings. The average molecular weight is 230 g/mol. The molecule has 0 radical (unpaired) electrons. The topological polar surface area (TPSA) is 57.2 Å². The molecule has 0 atom stereocenters. The van der Waals surface area contributed by atoms with Gasteiger partial charge in [-0.1, -0.05) is 12.1 Å². The summed E-state index contributed by atoms with van der Waals surface area (Å²) in [5, 5.41) is 0. The molecule has 88 valence electrons. The van der Waals surface area contributed by atoms with Crippen molar-refractivity contribution in [3.8, 4) is 11.3 Å². The quantitative estimate of drug-likeness (QED) is 0.634. The maximum atomic E-state index is 11.5. The predicted octanol–water partition coefficient (Wildman–Crippen LogP) is 2.06. The predicted molar refractivity (Wildman–Crippen MR) is 66.6 cm³/mol. The van der Waals surface area contributed by atoms with Gasteiger partial charge >= 0.3 is 5.97 Å². The first-order chi connectivity index (χ1) is 8.13. The Morgan fingerprint density at radius 2 is 2.06 bits per heavy atom. The van der Waals surface area contributed by atoms with Crippen molar-refractivity contribution < 1.29 is 9.53 Å². The van der Waals surface area contributed by atoms with Gasteiger partial charge in [0.05, 0.1) is 7.11 Å². The fourth-order valence-electron chi connectivity index (χ4n) is 1.81. The van der Waals surface area contributed by atoms with Crippen LogP contribution in [0.15, 0.2) is 36.4 Å². The highest BCUT2D eigenvalue weighted by molar-refractivity contribution is 5.89. The van der Waals surface area contributed by atoms with E-state index in [2.05, 4.69) is 0 Å². The summed E-state index contributed by atoms with van der Waals surface area (Å²) in [6, 6.07) is 11.2. The van der Waals surface area contributed by atoms with E-state index in [0.717, 1.165) is 11.3 Å². The summed E-state index contributed by atoms with van der Waals surface area (Å²) in [4.78, 5) is 11.5. The van der Waals surface area contributed by atoms with Crippen molar-refractivity contribution in [2.45, 2.75) is 0 Å². The number of nitrogens with two attached hydrogens (primary N) is 1. The molecule has 17 heavy (non-hydrogen) atoms. The van der Waals surface area contributed by atoms with E-state index in [0.29, 0.717) is 11.4 Å². The van der Waals surface area contributed by atoms with Gasteiger partial charge in [-0.25, -0.2) is 4.79 Å². The molecule has 4 nitrogen and oxygen atoms in total. The van der Waals surface area contributed by atoms with Crippen LogP contribution < -0.4 is 5.73 Å². The van der Waals surface area contributed by atoms with Crippen LogP contribution in [-0.4, -0.2) is 17.6 Å². The number of nitrogens with zero attached hydrogens (tertiary/aromatic N) is 1. The summed E-state index contributed by atoms with van der Waals surface area (Å²) in [7, 11) is 3.19. The molecule has 2 rings (SSSR count). The Bertz CT molecular complexity index is 558. The van der Waals surface area contributed by atoms with Crippen LogP contribution in [-0.2, 0) is 11.8 Å². The molecule has 0 fully saturated rings. The zero-order valence-corrected chi connectivity index (χ0v) is 9.81. The van der Waals surface area contributed by atoms with E-state index in [4.69, 9.17) is 10.5 Å². The standard InChI is InChI=1S/C13H14N2O2/c1-15-11(6-7-12(15)13(16)17-2)9-4-3-5-10(14)8-9/h3-8H,14H2,1-2H3. The Morgan fingerprint density at radius 3 is 2.71 bits per heavy atom. The first-order valence-electron chi connectivity index (χ1n) is 5.23. The minimum atomic E-state index is -0.345. The fourth-order valence-corrected chi connectivity index (χ4v) is 1.81. The summed E-state index contributed by atoms with van der Waals surface area (Å²) < 4.78 is 6.50. The maximum absolute atomic E-state index is 11.5. The molecule has 2 N–H and O–H groups in total. The van der Waals surface area contributed by atoms with Crippen LogP contribution in [0.3, 0.4) is 0 Å². The number of hydrogen-bond donors (Lipinski definition) is 1. The number of carbonyl (C=O) groups excluding carboxylic acids is 1. The third-order valence-electron chi connectivity index (χ3n) is 2.70. The fraction of sp³-hybridized carbons (Fsp3) is 0.154. The van der Waals surface area contributed by atoms with Crippen LogP contribution in [0.25, 0.3) is 11.3 Å². The summed E-state index contributed by atoms with van der Waals surface area (Å²) in [5.74, 6) is -0.345. The minimum absolute atomic E-state index is 0.345. The van der Waals surface area contributed by atoms with Gasteiger partial charge in [-0.3, -0.25) is 0 Å². The van der Waals surface area contributed by atoms with E-state index in [9.17, 15) is 4.79 Å². The zero-order valence-electron chi connectivity index (χ0n) is 9.81. The molecule has 0 saturated carbocycles. The van der Waals surface area contributed by atoms with Crippen LogP contribution in [0.5, 0.6) is 0 Å². The van der Waals surface area contributed by atoms with Gasteiger partial charge in [0.2, 0.25) is 0 Å². The second-order valence-electron chi connectivity index (χ2n) is 3.78. The lowest BCUT2D eigenvalue weighted by atomic mass is 10.1. The summed E-state index contributed by atoms with van der Waals surface area (Å²) in [6.07, 6.45) is 0. The van der Waals surface area contributed by atoms with Gasteiger partial charge in [0.25, 0.3) is 0 Å². The van der Waals surface area contributed by atoms with Crippen molar-refractivity contribution in [1.82, 2.24) is 4.57 Å². The Balaban J connectivity index is 2.48. The first-order valence-corrected chi connectivity index (χ1v) is 5.23. The van der Waals surface area contributed by atoms with Crippen LogP contribution >= 0.6 is 0 Å². The molecule has 0 unspecified atom stereocenters. The van der Waals surface area contributed by atoms with Crippen LogP contribution in [0, 0.1) is 0 Å². The van der Waals surface area contributed by atoms with Gasteiger partial charge in [0.1, 0.15) is 5.69 Å². The number of nitrogen functional groups attached to an aromatic ring is 1. The lowest BCUT2D eigenvalue weighted by molar-refractivity contribution is 0.0590. The molecular formula is C13H14N2O2. The highest BCUT2D eigenvalue weighted by Gasteiger charge is 2.13. The van der Waals surface area contributed by atoms with Crippen molar-refractivity contribution in [3.05, 3.63) is 42.1 Å². The molecule has 1 heterocycles. The van der Waals surface area contributed by atoms with Gasteiger partial charge < -0.3 is 15.0 Å². The second-order valence-corrected chi connectivity index (χ2v) is 3.78. The van der Waals surface area contributed by atoms with Crippen molar-refractivity contribution in [2.24, 2.45) is 7.05 Å². The lowest BCUT2D eigenvalue weighted by Crippen LogP contribution is -2.08. The number of benzene rings is 1. The zero-order chi connectivity index (χ0) is 12.4. The average Bonchev–Trinajstić information content (AvgIpc) is 2.70. The SMILES string of the molecule is COC(=O)c1ccc(-c2cccc(N)c2)n1C. The third-order valence-corrected chi connectivity index (χ3v) is 2.70. The van der Waals surface area contributed by atoms with E-state index in [1.54, 1.807) is 10.6 Å². The Morgan fingerprint density at radius 1 is 1.29 bits per heavy atom. The highest BCUT2D eigenvalue weighted by atomic mass is 16.5. The molecule has 1 aromatic heterocycles. The Labute approximate surface area is 99.6 Å². The number of hydrogen-bond acceptors (Lipinski definition) is 3. The largest absolute Gasteiger partial charge is 0.464 e. The van der Waals surface area contributed by atoms with Crippen molar-refractivity contribution in [1.29, 1.82) is 0 Å². The van der Waals surface area contributed by atoms with E-state index in [1.807, 2.05) is 37.4 Å². The number of aromatic nitrogens is 1. The van der Waals surface area contributed by atoms with E-state index < -0.39 is 0 Å². The maximum Gasteiger partial charge on any atom is 0.354 e.